The highest BCUT2D eigenvalue weighted by Crippen LogP contribution is 2.31. The summed E-state index contributed by atoms with van der Waals surface area (Å²) in [5, 5.41) is 9.28. The summed E-state index contributed by atoms with van der Waals surface area (Å²) in [6.07, 6.45) is 2.34. The Kier molecular flexibility index (Phi) is 4.41. The Morgan fingerprint density at radius 3 is 2.48 bits per heavy atom. The monoisotopic (exact) mass is 391 g/mol. The van der Waals surface area contributed by atoms with E-state index in [2.05, 4.69) is 4.40 Å². The lowest BCUT2D eigenvalue weighted by atomic mass is 9.94. The fourth-order valence-electron chi connectivity index (χ4n) is 4.18. The van der Waals surface area contributed by atoms with Crippen molar-refractivity contribution in [3.05, 3.63) is 29.8 Å². The molecule has 1 amide bonds. The summed E-state index contributed by atoms with van der Waals surface area (Å²) in [6.45, 7) is 1.53. The van der Waals surface area contributed by atoms with Gasteiger partial charge >= 0.3 is 5.97 Å². The first-order valence-electron chi connectivity index (χ1n) is 9.11. The average Bonchev–Trinajstić information content (AvgIpc) is 3.25. The van der Waals surface area contributed by atoms with E-state index in [-0.39, 0.29) is 16.7 Å². The molecule has 2 fully saturated rings. The number of benzene rings is 1. The van der Waals surface area contributed by atoms with E-state index in [4.69, 9.17) is 0 Å². The number of carbonyl (C=O) groups is 2. The Bertz CT molecular complexity index is 919. The molecule has 0 unspecified atom stereocenters. The smallest absolute Gasteiger partial charge is 0.326 e. The molecule has 27 heavy (non-hydrogen) atoms. The first-order valence-corrected chi connectivity index (χ1v) is 10.5. The third-order valence-electron chi connectivity index (χ3n) is 5.58. The van der Waals surface area contributed by atoms with Crippen LogP contribution in [0.15, 0.2) is 33.6 Å². The van der Waals surface area contributed by atoms with Crippen LogP contribution in [-0.2, 0) is 19.6 Å². The molecular weight excluding hydrogens is 370 g/mol. The van der Waals surface area contributed by atoms with E-state index in [1.165, 1.54) is 4.90 Å². The lowest BCUT2D eigenvalue weighted by Gasteiger charge is -2.35. The Balaban J connectivity index is 1.46. The normalized spacial score (nSPS) is 24.6. The highest BCUT2D eigenvalue weighted by Gasteiger charge is 2.39. The minimum atomic E-state index is -3.66. The highest BCUT2D eigenvalue weighted by atomic mass is 32.2. The lowest BCUT2D eigenvalue weighted by Crippen LogP contribution is -2.47. The molecule has 0 radical (unpaired) electrons. The van der Waals surface area contributed by atoms with Gasteiger partial charge in [0.15, 0.2) is 5.84 Å². The third kappa shape index (κ3) is 3.09. The topological polar surface area (TPSA) is 107 Å². The summed E-state index contributed by atoms with van der Waals surface area (Å²) in [4.78, 5) is 27.7. The number of nitrogens with zero attached hydrogens (tertiary/aromatic N) is 3. The van der Waals surface area contributed by atoms with Crippen molar-refractivity contribution >= 4 is 27.7 Å². The van der Waals surface area contributed by atoms with E-state index in [0.29, 0.717) is 56.7 Å². The minimum Gasteiger partial charge on any atom is -0.480 e. The zero-order valence-electron chi connectivity index (χ0n) is 14.7. The SMILES string of the molecule is O=C(O)[C@@H]1CCCN1C(=O)C1CCN(C2=NS(=O)(=O)c3ccccc32)CC1. The molecule has 0 aliphatic carbocycles. The molecule has 9 heteroatoms. The standard InChI is InChI=1S/C18H21N3O5S/c22-17(21-9-3-5-14(21)18(23)24)12-7-10-20(11-8-12)16-13-4-1-2-6-15(13)27(25,26)19-16/h1-2,4,6,12,14H,3,5,7-11H2,(H,23,24)/t14-/m0/s1. The van der Waals surface area contributed by atoms with Crippen molar-refractivity contribution in [1.29, 1.82) is 0 Å². The van der Waals surface area contributed by atoms with Crippen LogP contribution in [0.1, 0.15) is 31.2 Å². The number of likely N-dealkylation sites (tertiary alicyclic amines) is 2. The Labute approximate surface area is 157 Å². The van der Waals surface area contributed by atoms with Crippen molar-refractivity contribution in [2.24, 2.45) is 10.3 Å². The number of sulfonamides is 1. The predicted molar refractivity (Wildman–Crippen MR) is 96.8 cm³/mol. The van der Waals surface area contributed by atoms with Gasteiger partial charge in [0, 0.05) is 31.1 Å². The van der Waals surface area contributed by atoms with Gasteiger partial charge in [-0.1, -0.05) is 12.1 Å². The molecule has 3 aliphatic heterocycles. The number of amides is 1. The van der Waals surface area contributed by atoms with E-state index < -0.39 is 22.0 Å². The summed E-state index contributed by atoms with van der Waals surface area (Å²) in [7, 11) is -3.66. The van der Waals surface area contributed by atoms with E-state index in [0.717, 1.165) is 0 Å². The van der Waals surface area contributed by atoms with Crippen LogP contribution in [0.25, 0.3) is 0 Å². The number of hydrogen-bond donors (Lipinski definition) is 1. The molecule has 4 rings (SSSR count). The molecule has 0 bridgehead atoms. The molecule has 0 aromatic heterocycles. The Morgan fingerprint density at radius 1 is 1.07 bits per heavy atom. The minimum absolute atomic E-state index is 0.0964. The summed E-state index contributed by atoms with van der Waals surface area (Å²) < 4.78 is 28.4. The van der Waals surface area contributed by atoms with Crippen molar-refractivity contribution in [2.75, 3.05) is 19.6 Å². The summed E-state index contributed by atoms with van der Waals surface area (Å²) >= 11 is 0. The van der Waals surface area contributed by atoms with Crippen LogP contribution in [0, 0.1) is 5.92 Å². The second kappa shape index (κ2) is 6.63. The maximum absolute atomic E-state index is 12.8. The van der Waals surface area contributed by atoms with Gasteiger partial charge in [0.1, 0.15) is 10.9 Å². The fourth-order valence-corrected chi connectivity index (χ4v) is 5.40. The largest absolute Gasteiger partial charge is 0.480 e. The van der Waals surface area contributed by atoms with Crippen LogP contribution in [-0.4, -0.2) is 66.7 Å². The van der Waals surface area contributed by atoms with Crippen LogP contribution in [0.3, 0.4) is 0 Å². The molecule has 1 aromatic carbocycles. The molecule has 0 spiro atoms. The first kappa shape index (κ1) is 18.0. The molecule has 3 heterocycles. The van der Waals surface area contributed by atoms with Crippen molar-refractivity contribution < 1.29 is 23.1 Å². The third-order valence-corrected chi connectivity index (χ3v) is 6.90. The van der Waals surface area contributed by atoms with Crippen molar-refractivity contribution in [3.63, 3.8) is 0 Å². The van der Waals surface area contributed by atoms with Crippen LogP contribution in [0.4, 0.5) is 0 Å². The van der Waals surface area contributed by atoms with Crippen molar-refractivity contribution in [1.82, 2.24) is 9.80 Å². The van der Waals surface area contributed by atoms with Gasteiger partial charge in [0.2, 0.25) is 5.91 Å². The molecule has 8 nitrogen and oxygen atoms in total. The summed E-state index contributed by atoms with van der Waals surface area (Å²) in [5.74, 6) is -0.822. The molecule has 0 saturated carbocycles. The number of piperidine rings is 1. The zero-order valence-corrected chi connectivity index (χ0v) is 15.6. The molecule has 1 N–H and O–H groups in total. The maximum Gasteiger partial charge on any atom is 0.326 e. The summed E-state index contributed by atoms with van der Waals surface area (Å²) in [6, 6.07) is 6.04. The molecule has 3 aliphatic rings. The van der Waals surface area contributed by atoms with Gasteiger partial charge in [-0.3, -0.25) is 4.79 Å². The van der Waals surface area contributed by atoms with E-state index in [9.17, 15) is 23.1 Å². The van der Waals surface area contributed by atoms with Crippen LogP contribution in [0.2, 0.25) is 0 Å². The number of fused-ring (bicyclic) bond motifs is 1. The van der Waals surface area contributed by atoms with Gasteiger partial charge in [0.25, 0.3) is 10.0 Å². The number of carbonyl (C=O) groups excluding carboxylic acids is 1. The van der Waals surface area contributed by atoms with Gasteiger partial charge < -0.3 is 14.9 Å². The second-order valence-electron chi connectivity index (χ2n) is 7.18. The number of hydrogen-bond acceptors (Lipinski definition) is 5. The predicted octanol–water partition coefficient (Wildman–Crippen LogP) is 0.923. The molecule has 1 aromatic rings. The zero-order chi connectivity index (χ0) is 19.2. The van der Waals surface area contributed by atoms with Crippen LogP contribution in [0.5, 0.6) is 0 Å². The van der Waals surface area contributed by atoms with Gasteiger partial charge in [-0.05, 0) is 37.8 Å². The van der Waals surface area contributed by atoms with Gasteiger partial charge in [0.05, 0.1) is 0 Å². The quantitative estimate of drug-likeness (QED) is 0.803. The molecule has 2 saturated heterocycles. The van der Waals surface area contributed by atoms with Gasteiger partial charge in [-0.2, -0.15) is 8.42 Å². The number of aliphatic carboxylic acids is 1. The number of amidine groups is 1. The van der Waals surface area contributed by atoms with Gasteiger partial charge in [-0.25, -0.2) is 4.79 Å². The Morgan fingerprint density at radius 2 is 1.78 bits per heavy atom. The first-order chi connectivity index (χ1) is 12.9. The van der Waals surface area contributed by atoms with Crippen molar-refractivity contribution in [2.45, 2.75) is 36.6 Å². The highest BCUT2D eigenvalue weighted by molar-refractivity contribution is 7.90. The number of rotatable bonds is 2. The molecule has 144 valence electrons. The van der Waals surface area contributed by atoms with Crippen LogP contribution < -0.4 is 0 Å². The van der Waals surface area contributed by atoms with E-state index >= 15 is 0 Å². The van der Waals surface area contributed by atoms with E-state index in [1.807, 2.05) is 4.90 Å². The lowest BCUT2D eigenvalue weighted by molar-refractivity contribution is -0.150. The fraction of sp³-hybridized carbons (Fsp3) is 0.500. The summed E-state index contributed by atoms with van der Waals surface area (Å²) in [5.41, 5.74) is 0.604. The molecule has 1 atom stereocenters. The van der Waals surface area contributed by atoms with Crippen LogP contribution >= 0.6 is 0 Å². The number of carboxylic acids is 1. The van der Waals surface area contributed by atoms with Crippen molar-refractivity contribution in [3.8, 4) is 0 Å². The average molecular weight is 391 g/mol. The Hall–Kier alpha value is -2.42. The second-order valence-corrected chi connectivity index (χ2v) is 8.75. The number of carboxylic acid groups (broad SMARTS) is 1. The van der Waals surface area contributed by atoms with E-state index in [1.54, 1.807) is 24.3 Å². The maximum atomic E-state index is 12.8. The molecular formula is C18H21N3O5S. The van der Waals surface area contributed by atoms with Gasteiger partial charge in [-0.15, -0.1) is 4.40 Å².